The minimum absolute atomic E-state index is 0.0272. The van der Waals surface area contributed by atoms with E-state index < -0.39 is 28.0 Å². The average molecular weight is 418 g/mol. The SMILES string of the molecule is COc1ccc(OC)c(S(=O)(=O)N2CC(Oc3cccc(C(F)(F)F)n3)C2)c1. The first-order chi connectivity index (χ1) is 13.1. The standard InChI is InChI=1S/C17H17F3N2O5S/c1-25-11-6-7-13(26-2)14(8-11)28(23,24)22-9-12(10-22)27-16-5-3-4-15(21-16)17(18,19)20/h3-8,12H,9-10H2,1-2H3. The van der Waals surface area contributed by atoms with E-state index in [0.29, 0.717) is 5.75 Å². The molecule has 152 valence electrons. The highest BCUT2D eigenvalue weighted by molar-refractivity contribution is 7.89. The fourth-order valence-electron chi connectivity index (χ4n) is 2.61. The fraction of sp³-hybridized carbons (Fsp3) is 0.353. The Balaban J connectivity index is 1.71. The molecular formula is C17H17F3N2O5S. The zero-order valence-corrected chi connectivity index (χ0v) is 15.7. The van der Waals surface area contributed by atoms with Gasteiger partial charge in [-0.3, -0.25) is 0 Å². The fourth-order valence-corrected chi connectivity index (χ4v) is 4.28. The number of methoxy groups -OCH3 is 2. The summed E-state index contributed by atoms with van der Waals surface area (Å²) < 4.78 is 80.5. The topological polar surface area (TPSA) is 78.0 Å². The number of halogens is 3. The van der Waals surface area contributed by atoms with Gasteiger partial charge in [0.2, 0.25) is 15.9 Å². The van der Waals surface area contributed by atoms with E-state index in [1.807, 2.05) is 0 Å². The van der Waals surface area contributed by atoms with E-state index in [2.05, 4.69) is 4.98 Å². The van der Waals surface area contributed by atoms with Crippen molar-refractivity contribution in [2.24, 2.45) is 0 Å². The van der Waals surface area contributed by atoms with Crippen LogP contribution in [0.1, 0.15) is 5.69 Å². The largest absolute Gasteiger partial charge is 0.497 e. The molecule has 1 aromatic heterocycles. The zero-order chi connectivity index (χ0) is 20.5. The lowest BCUT2D eigenvalue weighted by atomic mass is 10.2. The van der Waals surface area contributed by atoms with Crippen molar-refractivity contribution in [1.29, 1.82) is 0 Å². The van der Waals surface area contributed by atoms with Gasteiger partial charge in [0.1, 0.15) is 28.2 Å². The molecular weight excluding hydrogens is 401 g/mol. The van der Waals surface area contributed by atoms with Crippen LogP contribution in [-0.4, -0.2) is 51.1 Å². The number of pyridine rings is 1. The molecule has 0 amide bonds. The molecule has 7 nitrogen and oxygen atoms in total. The number of hydrogen-bond donors (Lipinski definition) is 0. The zero-order valence-electron chi connectivity index (χ0n) is 14.9. The maximum Gasteiger partial charge on any atom is 0.433 e. The van der Waals surface area contributed by atoms with Crippen molar-refractivity contribution in [2.45, 2.75) is 17.2 Å². The van der Waals surface area contributed by atoms with Crippen LogP contribution < -0.4 is 14.2 Å². The normalized spacial score (nSPS) is 15.8. The third-order valence-electron chi connectivity index (χ3n) is 4.10. The first-order valence-electron chi connectivity index (χ1n) is 8.08. The summed E-state index contributed by atoms with van der Waals surface area (Å²) in [7, 11) is -1.13. The summed E-state index contributed by atoms with van der Waals surface area (Å²) in [6.07, 6.45) is -5.19. The highest BCUT2D eigenvalue weighted by Crippen LogP contribution is 2.33. The lowest BCUT2D eigenvalue weighted by Crippen LogP contribution is -2.56. The quantitative estimate of drug-likeness (QED) is 0.718. The molecule has 0 saturated carbocycles. The van der Waals surface area contributed by atoms with Crippen LogP contribution in [0.4, 0.5) is 13.2 Å². The lowest BCUT2D eigenvalue weighted by molar-refractivity contribution is -0.141. The summed E-state index contributed by atoms with van der Waals surface area (Å²) in [5.74, 6) is 0.293. The minimum atomic E-state index is -4.59. The first kappa shape index (κ1) is 20.2. The van der Waals surface area contributed by atoms with Crippen LogP contribution in [0.15, 0.2) is 41.3 Å². The van der Waals surface area contributed by atoms with Gasteiger partial charge in [0.25, 0.3) is 0 Å². The van der Waals surface area contributed by atoms with E-state index in [1.165, 1.54) is 38.5 Å². The van der Waals surface area contributed by atoms with Crippen LogP contribution in [0.3, 0.4) is 0 Å². The van der Waals surface area contributed by atoms with Crippen molar-refractivity contribution in [3.05, 3.63) is 42.1 Å². The Morgan fingerprint density at radius 1 is 1.11 bits per heavy atom. The van der Waals surface area contributed by atoms with E-state index in [0.717, 1.165) is 10.4 Å². The Bertz CT molecular complexity index is 960. The van der Waals surface area contributed by atoms with E-state index in [-0.39, 0.29) is 29.6 Å². The molecule has 0 aliphatic carbocycles. The van der Waals surface area contributed by atoms with Gasteiger partial charge in [-0.25, -0.2) is 13.4 Å². The van der Waals surface area contributed by atoms with Gasteiger partial charge in [-0.05, 0) is 18.2 Å². The molecule has 1 aliphatic rings. The van der Waals surface area contributed by atoms with Gasteiger partial charge in [0.05, 0.1) is 27.3 Å². The summed E-state index contributed by atoms with van der Waals surface area (Å²) in [6.45, 7) is -0.0543. The van der Waals surface area contributed by atoms with Crippen molar-refractivity contribution in [2.75, 3.05) is 27.3 Å². The maximum absolute atomic E-state index is 12.8. The number of hydrogen-bond acceptors (Lipinski definition) is 6. The molecule has 28 heavy (non-hydrogen) atoms. The van der Waals surface area contributed by atoms with Crippen molar-refractivity contribution in [3.63, 3.8) is 0 Å². The van der Waals surface area contributed by atoms with Gasteiger partial charge in [0.15, 0.2) is 0 Å². The second-order valence-electron chi connectivity index (χ2n) is 5.94. The van der Waals surface area contributed by atoms with Crippen molar-refractivity contribution >= 4 is 10.0 Å². The number of aromatic nitrogens is 1. The molecule has 2 heterocycles. The molecule has 0 unspecified atom stereocenters. The lowest BCUT2D eigenvalue weighted by Gasteiger charge is -2.37. The smallest absolute Gasteiger partial charge is 0.433 e. The predicted octanol–water partition coefficient (Wildman–Crippen LogP) is 2.57. The van der Waals surface area contributed by atoms with Gasteiger partial charge >= 0.3 is 6.18 Å². The molecule has 11 heteroatoms. The number of nitrogens with zero attached hydrogens (tertiary/aromatic N) is 2. The number of rotatable bonds is 6. The number of sulfonamides is 1. The van der Waals surface area contributed by atoms with E-state index in [9.17, 15) is 21.6 Å². The van der Waals surface area contributed by atoms with Gasteiger partial charge < -0.3 is 14.2 Å². The molecule has 3 rings (SSSR count). The third kappa shape index (κ3) is 3.99. The van der Waals surface area contributed by atoms with Crippen LogP contribution in [0.5, 0.6) is 17.4 Å². The van der Waals surface area contributed by atoms with Crippen LogP contribution in [0, 0.1) is 0 Å². The van der Waals surface area contributed by atoms with Crippen molar-refractivity contribution in [1.82, 2.24) is 9.29 Å². The summed E-state index contributed by atoms with van der Waals surface area (Å²) in [4.78, 5) is 3.34. The second-order valence-corrected chi connectivity index (χ2v) is 7.84. The Labute approximate surface area is 159 Å². The molecule has 0 N–H and O–H groups in total. The van der Waals surface area contributed by atoms with Gasteiger partial charge in [-0.15, -0.1) is 0 Å². The molecule has 0 spiro atoms. The molecule has 0 radical (unpaired) electrons. The monoisotopic (exact) mass is 418 g/mol. The average Bonchev–Trinajstić information content (AvgIpc) is 2.63. The Hall–Kier alpha value is -2.53. The van der Waals surface area contributed by atoms with Crippen molar-refractivity contribution in [3.8, 4) is 17.4 Å². The number of alkyl halides is 3. The molecule has 1 saturated heterocycles. The van der Waals surface area contributed by atoms with Gasteiger partial charge in [0, 0.05) is 12.1 Å². The van der Waals surface area contributed by atoms with Gasteiger partial charge in [-0.2, -0.15) is 17.5 Å². The summed E-state index contributed by atoms with van der Waals surface area (Å²) >= 11 is 0. The number of benzene rings is 1. The Kier molecular flexibility index (Phi) is 5.39. The van der Waals surface area contributed by atoms with Crippen LogP contribution >= 0.6 is 0 Å². The first-order valence-corrected chi connectivity index (χ1v) is 9.52. The Morgan fingerprint density at radius 2 is 1.82 bits per heavy atom. The highest BCUT2D eigenvalue weighted by Gasteiger charge is 2.40. The molecule has 1 aliphatic heterocycles. The van der Waals surface area contributed by atoms with E-state index >= 15 is 0 Å². The maximum atomic E-state index is 12.8. The van der Waals surface area contributed by atoms with E-state index in [1.54, 1.807) is 6.07 Å². The number of ether oxygens (including phenoxy) is 3. The molecule has 2 aromatic rings. The van der Waals surface area contributed by atoms with Crippen molar-refractivity contribution < 1.29 is 35.8 Å². The molecule has 0 bridgehead atoms. The van der Waals surface area contributed by atoms with Crippen LogP contribution in [0.25, 0.3) is 0 Å². The Morgan fingerprint density at radius 3 is 2.43 bits per heavy atom. The molecule has 1 fully saturated rings. The minimum Gasteiger partial charge on any atom is -0.497 e. The van der Waals surface area contributed by atoms with Crippen LogP contribution in [-0.2, 0) is 16.2 Å². The molecule has 0 atom stereocenters. The molecule has 1 aromatic carbocycles. The van der Waals surface area contributed by atoms with Crippen LogP contribution in [0.2, 0.25) is 0 Å². The highest BCUT2D eigenvalue weighted by atomic mass is 32.2. The summed E-state index contributed by atoms with van der Waals surface area (Å²) in [5.41, 5.74) is -1.07. The second kappa shape index (κ2) is 7.47. The summed E-state index contributed by atoms with van der Waals surface area (Å²) in [6, 6.07) is 7.69. The van der Waals surface area contributed by atoms with Gasteiger partial charge in [-0.1, -0.05) is 6.07 Å². The third-order valence-corrected chi connectivity index (χ3v) is 5.96. The predicted molar refractivity (Wildman–Crippen MR) is 92.0 cm³/mol. The summed E-state index contributed by atoms with van der Waals surface area (Å²) in [5, 5.41) is 0. The van der Waals surface area contributed by atoms with E-state index in [4.69, 9.17) is 14.2 Å².